The standard InChI is InChI=1S/C15H13NS3/c1-11-4-2-3-5-14(11)18-9-13-10-19-15(16-13)12-6-7-17-8-12/h2-8,10H,9H2,1H3. The Kier molecular flexibility index (Phi) is 4.01. The van der Waals surface area contributed by atoms with Gasteiger partial charge in [-0.1, -0.05) is 18.2 Å². The molecule has 1 aromatic carbocycles. The van der Waals surface area contributed by atoms with Crippen molar-refractivity contribution in [2.45, 2.75) is 17.6 Å². The van der Waals surface area contributed by atoms with E-state index in [-0.39, 0.29) is 0 Å². The van der Waals surface area contributed by atoms with Crippen LogP contribution < -0.4 is 0 Å². The zero-order valence-corrected chi connectivity index (χ0v) is 12.9. The lowest BCUT2D eigenvalue weighted by atomic mass is 10.2. The van der Waals surface area contributed by atoms with Crippen LogP contribution in [-0.4, -0.2) is 4.98 Å². The minimum Gasteiger partial charge on any atom is -0.240 e. The van der Waals surface area contributed by atoms with E-state index in [9.17, 15) is 0 Å². The van der Waals surface area contributed by atoms with Crippen molar-refractivity contribution < 1.29 is 0 Å². The van der Waals surface area contributed by atoms with Crippen LogP contribution in [0.3, 0.4) is 0 Å². The summed E-state index contributed by atoms with van der Waals surface area (Å²) >= 11 is 5.30. The van der Waals surface area contributed by atoms with Gasteiger partial charge < -0.3 is 0 Å². The van der Waals surface area contributed by atoms with Crippen molar-refractivity contribution in [3.8, 4) is 10.6 Å². The highest BCUT2D eigenvalue weighted by Gasteiger charge is 2.06. The third-order valence-electron chi connectivity index (χ3n) is 2.79. The molecule has 0 bridgehead atoms. The minimum atomic E-state index is 0.936. The van der Waals surface area contributed by atoms with Gasteiger partial charge in [-0.2, -0.15) is 11.3 Å². The maximum atomic E-state index is 4.70. The SMILES string of the molecule is Cc1ccccc1SCc1csc(-c2ccsc2)n1. The number of aromatic nitrogens is 1. The fourth-order valence-corrected chi connectivity index (χ4v) is 4.32. The first-order valence-corrected chi connectivity index (χ1v) is 8.79. The fraction of sp³-hybridized carbons (Fsp3) is 0.133. The van der Waals surface area contributed by atoms with Gasteiger partial charge in [0.1, 0.15) is 5.01 Å². The van der Waals surface area contributed by atoms with Crippen molar-refractivity contribution in [3.05, 3.63) is 57.7 Å². The molecule has 0 saturated heterocycles. The van der Waals surface area contributed by atoms with Crippen molar-refractivity contribution in [3.63, 3.8) is 0 Å². The van der Waals surface area contributed by atoms with E-state index >= 15 is 0 Å². The molecule has 1 nitrogen and oxygen atoms in total. The lowest BCUT2D eigenvalue weighted by molar-refractivity contribution is 1.22. The maximum Gasteiger partial charge on any atom is 0.124 e. The molecule has 0 aliphatic rings. The number of rotatable bonds is 4. The Morgan fingerprint density at radius 1 is 1.16 bits per heavy atom. The van der Waals surface area contributed by atoms with Gasteiger partial charge in [-0.05, 0) is 30.0 Å². The molecule has 3 aromatic rings. The molecule has 0 unspecified atom stereocenters. The number of aryl methyl sites for hydroxylation is 1. The molecular weight excluding hydrogens is 290 g/mol. The van der Waals surface area contributed by atoms with Crippen molar-refractivity contribution in [1.29, 1.82) is 0 Å². The van der Waals surface area contributed by atoms with Crippen LogP contribution in [0.5, 0.6) is 0 Å². The summed E-state index contributed by atoms with van der Waals surface area (Å²) in [5.41, 5.74) is 3.74. The second-order valence-electron chi connectivity index (χ2n) is 4.21. The summed E-state index contributed by atoms with van der Waals surface area (Å²) in [5, 5.41) is 7.54. The normalized spacial score (nSPS) is 10.8. The largest absolute Gasteiger partial charge is 0.240 e. The van der Waals surface area contributed by atoms with Crippen LogP contribution in [0.1, 0.15) is 11.3 Å². The van der Waals surface area contributed by atoms with Gasteiger partial charge in [0.2, 0.25) is 0 Å². The van der Waals surface area contributed by atoms with Crippen LogP contribution in [-0.2, 0) is 5.75 Å². The third kappa shape index (κ3) is 3.08. The number of thiophene rings is 1. The average Bonchev–Trinajstić information content (AvgIpc) is 3.09. The van der Waals surface area contributed by atoms with E-state index in [2.05, 4.69) is 53.4 Å². The summed E-state index contributed by atoms with van der Waals surface area (Å²) in [5.74, 6) is 0.936. The monoisotopic (exact) mass is 303 g/mol. The second-order valence-corrected chi connectivity index (χ2v) is 6.87. The zero-order chi connectivity index (χ0) is 13.1. The van der Waals surface area contributed by atoms with E-state index < -0.39 is 0 Å². The van der Waals surface area contributed by atoms with Gasteiger partial charge in [-0.25, -0.2) is 4.98 Å². The lowest BCUT2D eigenvalue weighted by Crippen LogP contribution is -1.83. The maximum absolute atomic E-state index is 4.70. The van der Waals surface area contributed by atoms with E-state index in [1.807, 2.05) is 11.8 Å². The minimum absolute atomic E-state index is 0.936. The Balaban J connectivity index is 1.70. The van der Waals surface area contributed by atoms with E-state index in [4.69, 9.17) is 4.98 Å². The highest BCUT2D eigenvalue weighted by atomic mass is 32.2. The van der Waals surface area contributed by atoms with Crippen molar-refractivity contribution in [2.24, 2.45) is 0 Å². The molecule has 0 aliphatic heterocycles. The van der Waals surface area contributed by atoms with E-state index in [1.54, 1.807) is 22.7 Å². The molecule has 2 heterocycles. The van der Waals surface area contributed by atoms with Crippen molar-refractivity contribution in [2.75, 3.05) is 0 Å². The number of nitrogens with zero attached hydrogens (tertiary/aromatic N) is 1. The first kappa shape index (κ1) is 12.9. The summed E-state index contributed by atoms with van der Waals surface area (Å²) in [6, 6.07) is 10.6. The molecule has 4 heteroatoms. The Bertz CT molecular complexity index is 656. The summed E-state index contributed by atoms with van der Waals surface area (Å²) in [6.45, 7) is 2.15. The number of thioether (sulfide) groups is 1. The van der Waals surface area contributed by atoms with Crippen LogP contribution in [0.25, 0.3) is 10.6 Å². The summed E-state index contributed by atoms with van der Waals surface area (Å²) < 4.78 is 0. The molecule has 0 spiro atoms. The number of benzene rings is 1. The molecule has 0 saturated carbocycles. The van der Waals surface area contributed by atoms with Crippen LogP contribution >= 0.6 is 34.4 Å². The third-order valence-corrected chi connectivity index (χ3v) is 5.62. The molecule has 3 rings (SSSR count). The summed E-state index contributed by atoms with van der Waals surface area (Å²) in [7, 11) is 0. The van der Waals surface area contributed by atoms with Crippen LogP contribution in [0, 0.1) is 6.92 Å². The number of thiazole rings is 1. The van der Waals surface area contributed by atoms with Crippen LogP contribution in [0.15, 0.2) is 51.4 Å². The number of hydrogen-bond acceptors (Lipinski definition) is 4. The second kappa shape index (κ2) is 5.90. The first-order valence-electron chi connectivity index (χ1n) is 5.98. The highest BCUT2D eigenvalue weighted by Crippen LogP contribution is 2.30. The Morgan fingerprint density at radius 3 is 2.84 bits per heavy atom. The van der Waals surface area contributed by atoms with Gasteiger partial charge in [-0.15, -0.1) is 23.1 Å². The highest BCUT2D eigenvalue weighted by molar-refractivity contribution is 7.98. The summed E-state index contributed by atoms with van der Waals surface area (Å²) in [6.07, 6.45) is 0. The van der Waals surface area contributed by atoms with Gasteiger partial charge in [0, 0.05) is 27.0 Å². The predicted octanol–water partition coefficient (Wildman–Crippen LogP) is 5.47. The Hall–Kier alpha value is -1.10. The molecule has 0 N–H and O–H groups in total. The molecule has 0 aliphatic carbocycles. The molecule has 0 amide bonds. The quantitative estimate of drug-likeness (QED) is 0.593. The van der Waals surface area contributed by atoms with E-state index in [0.717, 1.165) is 10.8 Å². The lowest BCUT2D eigenvalue weighted by Gasteiger charge is -2.02. The molecule has 96 valence electrons. The Labute approximate surface area is 125 Å². The molecule has 0 radical (unpaired) electrons. The summed E-state index contributed by atoms with van der Waals surface area (Å²) in [4.78, 5) is 6.04. The molecule has 19 heavy (non-hydrogen) atoms. The average molecular weight is 303 g/mol. The van der Waals surface area contributed by atoms with E-state index in [1.165, 1.54) is 21.7 Å². The van der Waals surface area contributed by atoms with Crippen LogP contribution in [0.2, 0.25) is 0 Å². The molecule has 0 fully saturated rings. The van der Waals surface area contributed by atoms with E-state index in [0.29, 0.717) is 0 Å². The van der Waals surface area contributed by atoms with Gasteiger partial charge in [0.05, 0.1) is 5.69 Å². The predicted molar refractivity (Wildman–Crippen MR) is 86.2 cm³/mol. The van der Waals surface area contributed by atoms with Crippen molar-refractivity contribution in [1.82, 2.24) is 4.98 Å². The smallest absolute Gasteiger partial charge is 0.124 e. The molecule has 2 aromatic heterocycles. The zero-order valence-electron chi connectivity index (χ0n) is 10.5. The first-order chi connectivity index (χ1) is 9.33. The van der Waals surface area contributed by atoms with Gasteiger partial charge in [-0.3, -0.25) is 0 Å². The topological polar surface area (TPSA) is 12.9 Å². The van der Waals surface area contributed by atoms with Gasteiger partial charge in [0.15, 0.2) is 0 Å². The fourth-order valence-electron chi connectivity index (χ4n) is 1.76. The van der Waals surface area contributed by atoms with Crippen molar-refractivity contribution >= 4 is 34.4 Å². The van der Waals surface area contributed by atoms with Gasteiger partial charge in [0.25, 0.3) is 0 Å². The van der Waals surface area contributed by atoms with Crippen LogP contribution in [0.4, 0.5) is 0 Å². The number of hydrogen-bond donors (Lipinski definition) is 0. The molecular formula is C15H13NS3. The van der Waals surface area contributed by atoms with Gasteiger partial charge >= 0.3 is 0 Å². The molecule has 0 atom stereocenters. The Morgan fingerprint density at radius 2 is 2.05 bits per heavy atom.